The molecule has 0 spiro atoms. The SMILES string of the molecule is C[C@H]1CC(=O)C=C2CCC[C@H](O)[C@]21C. The summed E-state index contributed by atoms with van der Waals surface area (Å²) in [5.74, 6) is 0.518. The van der Waals surface area contributed by atoms with Crippen LogP contribution in [-0.2, 0) is 4.79 Å². The van der Waals surface area contributed by atoms with Gasteiger partial charge in [0, 0.05) is 11.8 Å². The number of fused-ring (bicyclic) bond motifs is 1. The predicted octanol–water partition coefficient (Wildman–Crippen LogP) is 2.07. The van der Waals surface area contributed by atoms with Gasteiger partial charge in [-0.3, -0.25) is 4.79 Å². The van der Waals surface area contributed by atoms with Gasteiger partial charge in [-0.15, -0.1) is 0 Å². The molecule has 3 atom stereocenters. The molecule has 2 rings (SSSR count). The van der Waals surface area contributed by atoms with Crippen molar-refractivity contribution in [2.45, 2.75) is 45.6 Å². The minimum absolute atomic E-state index is 0.133. The van der Waals surface area contributed by atoms with Gasteiger partial charge in [0.25, 0.3) is 0 Å². The van der Waals surface area contributed by atoms with Crippen LogP contribution in [0.2, 0.25) is 0 Å². The average Bonchev–Trinajstić information content (AvgIpc) is 2.11. The summed E-state index contributed by atoms with van der Waals surface area (Å²) in [5.41, 5.74) is 1.05. The monoisotopic (exact) mass is 194 g/mol. The molecule has 0 heterocycles. The van der Waals surface area contributed by atoms with Crippen molar-refractivity contribution in [2.75, 3.05) is 0 Å². The minimum atomic E-state index is -0.259. The first-order valence-electron chi connectivity index (χ1n) is 5.47. The maximum atomic E-state index is 11.4. The van der Waals surface area contributed by atoms with Crippen molar-refractivity contribution in [1.29, 1.82) is 0 Å². The summed E-state index contributed by atoms with van der Waals surface area (Å²) in [6.07, 6.45) is 5.00. The van der Waals surface area contributed by atoms with E-state index in [-0.39, 0.29) is 23.2 Å². The van der Waals surface area contributed by atoms with Gasteiger partial charge in [0.2, 0.25) is 0 Å². The van der Waals surface area contributed by atoms with Gasteiger partial charge in [-0.1, -0.05) is 19.4 Å². The summed E-state index contributed by atoms with van der Waals surface area (Å²) in [6, 6.07) is 0. The molecule has 14 heavy (non-hydrogen) atoms. The van der Waals surface area contributed by atoms with Crippen LogP contribution < -0.4 is 0 Å². The first-order valence-corrected chi connectivity index (χ1v) is 5.47. The molecule has 1 fully saturated rings. The molecule has 1 saturated carbocycles. The normalized spacial score (nSPS) is 43.1. The molecule has 78 valence electrons. The Morgan fingerprint density at radius 2 is 2.29 bits per heavy atom. The first-order chi connectivity index (χ1) is 6.55. The van der Waals surface area contributed by atoms with E-state index in [4.69, 9.17) is 0 Å². The number of aliphatic hydroxyl groups excluding tert-OH is 1. The van der Waals surface area contributed by atoms with Crippen molar-refractivity contribution < 1.29 is 9.90 Å². The number of hydrogen-bond acceptors (Lipinski definition) is 2. The van der Waals surface area contributed by atoms with Gasteiger partial charge in [0.15, 0.2) is 5.78 Å². The Balaban J connectivity index is 2.41. The van der Waals surface area contributed by atoms with E-state index >= 15 is 0 Å². The highest BCUT2D eigenvalue weighted by Crippen LogP contribution is 2.49. The number of carbonyl (C=O) groups is 1. The molecule has 2 aliphatic rings. The van der Waals surface area contributed by atoms with E-state index in [9.17, 15) is 9.90 Å². The molecule has 0 radical (unpaired) electrons. The van der Waals surface area contributed by atoms with Crippen LogP contribution in [0.25, 0.3) is 0 Å². The fraction of sp³-hybridized carbons (Fsp3) is 0.750. The van der Waals surface area contributed by atoms with Crippen molar-refractivity contribution in [3.05, 3.63) is 11.6 Å². The molecule has 2 aliphatic carbocycles. The fourth-order valence-electron chi connectivity index (χ4n) is 2.91. The summed E-state index contributed by atoms with van der Waals surface area (Å²) in [5, 5.41) is 10.1. The van der Waals surface area contributed by atoms with Gasteiger partial charge >= 0.3 is 0 Å². The Hall–Kier alpha value is -0.630. The van der Waals surface area contributed by atoms with E-state index in [1.54, 1.807) is 6.08 Å². The highest BCUT2D eigenvalue weighted by molar-refractivity contribution is 5.92. The molecule has 0 aromatic rings. The second-order valence-corrected chi connectivity index (χ2v) is 4.93. The molecule has 2 heteroatoms. The quantitative estimate of drug-likeness (QED) is 0.641. The molecule has 1 N–H and O–H groups in total. The third-order valence-corrected chi connectivity index (χ3v) is 4.17. The lowest BCUT2D eigenvalue weighted by atomic mass is 9.59. The van der Waals surface area contributed by atoms with Crippen molar-refractivity contribution in [2.24, 2.45) is 11.3 Å². The number of hydrogen-bond donors (Lipinski definition) is 1. The van der Waals surface area contributed by atoms with Gasteiger partial charge in [-0.2, -0.15) is 0 Å². The molecule has 0 bridgehead atoms. The van der Waals surface area contributed by atoms with Gasteiger partial charge in [-0.25, -0.2) is 0 Å². The molecule has 0 amide bonds. The van der Waals surface area contributed by atoms with Crippen LogP contribution in [0.1, 0.15) is 39.5 Å². The zero-order valence-corrected chi connectivity index (χ0v) is 8.92. The molecule has 0 aromatic carbocycles. The largest absolute Gasteiger partial charge is 0.392 e. The smallest absolute Gasteiger partial charge is 0.155 e. The number of allylic oxidation sites excluding steroid dienone is 1. The summed E-state index contributed by atoms with van der Waals surface area (Å²) in [6.45, 7) is 4.19. The molecule has 0 aliphatic heterocycles. The standard InChI is InChI=1S/C12H18O2/c1-8-6-10(13)7-9-4-3-5-11(14)12(8,9)2/h7-8,11,14H,3-6H2,1-2H3/t8-,11-,12-/m0/s1. The summed E-state index contributed by atoms with van der Waals surface area (Å²) in [7, 11) is 0. The van der Waals surface area contributed by atoms with Crippen LogP contribution in [0.5, 0.6) is 0 Å². The third-order valence-electron chi connectivity index (χ3n) is 4.17. The zero-order valence-electron chi connectivity index (χ0n) is 8.92. The topological polar surface area (TPSA) is 37.3 Å². The number of ketones is 1. The predicted molar refractivity (Wildman–Crippen MR) is 54.8 cm³/mol. The van der Waals surface area contributed by atoms with Crippen LogP contribution in [0, 0.1) is 11.3 Å². The second kappa shape index (κ2) is 3.20. The fourth-order valence-corrected chi connectivity index (χ4v) is 2.91. The number of aliphatic hydroxyl groups is 1. The first kappa shape index (κ1) is 9.91. The van der Waals surface area contributed by atoms with E-state index in [1.807, 2.05) is 0 Å². The lowest BCUT2D eigenvalue weighted by molar-refractivity contribution is -0.118. The van der Waals surface area contributed by atoms with Crippen molar-refractivity contribution in [3.63, 3.8) is 0 Å². The lowest BCUT2D eigenvalue weighted by Crippen LogP contribution is -2.45. The number of carbonyl (C=O) groups excluding carboxylic acids is 1. The molecule has 0 aromatic heterocycles. The third kappa shape index (κ3) is 1.24. The average molecular weight is 194 g/mol. The lowest BCUT2D eigenvalue weighted by Gasteiger charge is -2.47. The second-order valence-electron chi connectivity index (χ2n) is 4.93. The van der Waals surface area contributed by atoms with Gasteiger partial charge in [0.1, 0.15) is 0 Å². The summed E-state index contributed by atoms with van der Waals surface area (Å²) < 4.78 is 0. The van der Waals surface area contributed by atoms with Crippen LogP contribution in [0.3, 0.4) is 0 Å². The van der Waals surface area contributed by atoms with E-state index in [0.717, 1.165) is 19.3 Å². The molecule has 2 nitrogen and oxygen atoms in total. The van der Waals surface area contributed by atoms with E-state index in [1.165, 1.54) is 5.57 Å². The van der Waals surface area contributed by atoms with Crippen LogP contribution in [0.4, 0.5) is 0 Å². The van der Waals surface area contributed by atoms with Crippen LogP contribution >= 0.6 is 0 Å². The van der Waals surface area contributed by atoms with Crippen molar-refractivity contribution in [1.82, 2.24) is 0 Å². The number of rotatable bonds is 0. The molecular formula is C12H18O2. The highest BCUT2D eigenvalue weighted by Gasteiger charge is 2.46. The molecular weight excluding hydrogens is 176 g/mol. The Kier molecular flexibility index (Phi) is 2.26. The molecule has 0 saturated heterocycles. The summed E-state index contributed by atoms with van der Waals surface area (Å²) in [4.78, 5) is 11.4. The Labute approximate surface area is 85.0 Å². The van der Waals surface area contributed by atoms with Gasteiger partial charge in [-0.05, 0) is 31.3 Å². The Morgan fingerprint density at radius 3 is 3.00 bits per heavy atom. The maximum absolute atomic E-state index is 11.4. The van der Waals surface area contributed by atoms with Gasteiger partial charge in [0.05, 0.1) is 6.10 Å². The van der Waals surface area contributed by atoms with Crippen LogP contribution in [-0.4, -0.2) is 17.0 Å². The summed E-state index contributed by atoms with van der Waals surface area (Å²) >= 11 is 0. The maximum Gasteiger partial charge on any atom is 0.155 e. The van der Waals surface area contributed by atoms with E-state index < -0.39 is 0 Å². The van der Waals surface area contributed by atoms with Crippen molar-refractivity contribution in [3.8, 4) is 0 Å². The minimum Gasteiger partial charge on any atom is -0.392 e. The Bertz CT molecular complexity index is 293. The van der Waals surface area contributed by atoms with Crippen LogP contribution in [0.15, 0.2) is 11.6 Å². The molecule has 0 unspecified atom stereocenters. The zero-order chi connectivity index (χ0) is 10.3. The highest BCUT2D eigenvalue weighted by atomic mass is 16.3. The van der Waals surface area contributed by atoms with E-state index in [2.05, 4.69) is 13.8 Å². The van der Waals surface area contributed by atoms with Crippen molar-refractivity contribution >= 4 is 5.78 Å². The van der Waals surface area contributed by atoms with Gasteiger partial charge < -0.3 is 5.11 Å². The van der Waals surface area contributed by atoms with E-state index in [0.29, 0.717) is 6.42 Å². The Morgan fingerprint density at radius 1 is 1.57 bits per heavy atom.